The fourth-order valence-electron chi connectivity index (χ4n) is 5.47. The molecule has 3 rings (SSSR count). The van der Waals surface area contributed by atoms with Crippen LogP contribution in [-0.2, 0) is 20.7 Å². The highest BCUT2D eigenvalue weighted by molar-refractivity contribution is 5.72. The number of esters is 1. The molecule has 35 heavy (non-hydrogen) atoms. The zero-order chi connectivity index (χ0) is 24.9. The first-order valence-corrected chi connectivity index (χ1v) is 13.8. The Kier molecular flexibility index (Phi) is 11.5. The molecule has 3 atom stereocenters. The molecule has 1 heterocycles. The number of hydrogen-bond donors (Lipinski definition) is 0. The first-order valence-electron chi connectivity index (χ1n) is 13.8. The Balaban J connectivity index is 1.32. The predicted molar refractivity (Wildman–Crippen MR) is 139 cm³/mol. The van der Waals surface area contributed by atoms with Gasteiger partial charge in [-0.05, 0) is 24.0 Å². The summed E-state index contributed by atoms with van der Waals surface area (Å²) in [6, 6.07) is 7.82. The third-order valence-corrected chi connectivity index (χ3v) is 7.37. The van der Waals surface area contributed by atoms with Crippen molar-refractivity contribution in [3.8, 4) is 12.3 Å². The number of fused-ring (bicyclic) bond motifs is 3. The van der Waals surface area contributed by atoms with Gasteiger partial charge in [0.25, 0.3) is 6.29 Å². The Morgan fingerprint density at radius 1 is 1.00 bits per heavy atom. The summed E-state index contributed by atoms with van der Waals surface area (Å²) in [7, 11) is 0. The van der Waals surface area contributed by atoms with Gasteiger partial charge in [0.2, 0.25) is 0 Å². The summed E-state index contributed by atoms with van der Waals surface area (Å²) < 4.78 is 11.2. The lowest BCUT2D eigenvalue weighted by molar-refractivity contribution is -0.193. The second kappa shape index (κ2) is 14.8. The number of rotatable bonds is 16. The van der Waals surface area contributed by atoms with Crippen molar-refractivity contribution in [1.82, 2.24) is 4.90 Å². The van der Waals surface area contributed by atoms with Gasteiger partial charge in [0.1, 0.15) is 0 Å². The van der Waals surface area contributed by atoms with Gasteiger partial charge in [0.05, 0.1) is 18.5 Å². The summed E-state index contributed by atoms with van der Waals surface area (Å²) in [6.45, 7) is 2.43. The van der Waals surface area contributed by atoms with Gasteiger partial charge < -0.3 is 9.47 Å². The minimum absolute atomic E-state index is 0.131. The van der Waals surface area contributed by atoms with Crippen LogP contribution >= 0.6 is 0 Å². The van der Waals surface area contributed by atoms with Crippen molar-refractivity contribution < 1.29 is 19.1 Å². The third-order valence-electron chi connectivity index (χ3n) is 7.37. The Bertz CT molecular complexity index is 845. The van der Waals surface area contributed by atoms with Crippen LogP contribution in [0.1, 0.15) is 114 Å². The van der Waals surface area contributed by atoms with Crippen molar-refractivity contribution in [2.24, 2.45) is 5.92 Å². The van der Waals surface area contributed by atoms with Gasteiger partial charge in [-0.15, -0.1) is 6.42 Å². The number of carbonyl (C=O) groups excluding carboxylic acids is 2. The smallest absolute Gasteiger partial charge is 0.414 e. The molecule has 2 aliphatic rings. The van der Waals surface area contributed by atoms with Crippen LogP contribution in [0.15, 0.2) is 24.3 Å². The van der Waals surface area contributed by atoms with Gasteiger partial charge in [0, 0.05) is 6.42 Å². The lowest BCUT2D eigenvalue weighted by Crippen LogP contribution is -2.50. The van der Waals surface area contributed by atoms with E-state index in [9.17, 15) is 9.59 Å². The average Bonchev–Trinajstić information content (AvgIpc) is 3.24. The van der Waals surface area contributed by atoms with Crippen molar-refractivity contribution in [2.45, 2.75) is 116 Å². The summed E-state index contributed by atoms with van der Waals surface area (Å²) in [5.41, 5.74) is 2.22. The van der Waals surface area contributed by atoms with E-state index in [2.05, 4.69) is 18.9 Å². The highest BCUT2D eigenvalue weighted by Crippen LogP contribution is 2.46. The molecule has 1 aliphatic heterocycles. The zero-order valence-electron chi connectivity index (χ0n) is 21.5. The number of amides is 1. The lowest BCUT2D eigenvalue weighted by Gasteiger charge is -2.40. The van der Waals surface area contributed by atoms with E-state index in [-0.39, 0.29) is 24.5 Å². The van der Waals surface area contributed by atoms with E-state index in [1.54, 1.807) is 4.90 Å². The standard InChI is InChI=1S/C30H43NO4/c1-3-5-6-7-8-9-10-11-12-13-14-15-16-21-27(32)34-29-26-23-24-19-17-18-20-25(24)28(26)31(22-4-2)30(33)35-29/h2,17-20,26,28-29H,3,5-16,21-23H2,1H3. The van der Waals surface area contributed by atoms with Crippen LogP contribution in [0.5, 0.6) is 0 Å². The van der Waals surface area contributed by atoms with E-state index >= 15 is 0 Å². The summed E-state index contributed by atoms with van der Waals surface area (Å²) in [6.07, 6.45) is 21.6. The van der Waals surface area contributed by atoms with E-state index in [4.69, 9.17) is 15.9 Å². The van der Waals surface area contributed by atoms with Crippen LogP contribution < -0.4 is 0 Å². The van der Waals surface area contributed by atoms with Gasteiger partial charge in [-0.1, -0.05) is 114 Å². The average molecular weight is 482 g/mol. The molecule has 0 aromatic heterocycles. The maximum absolute atomic E-state index is 12.6. The van der Waals surface area contributed by atoms with Crippen molar-refractivity contribution in [3.63, 3.8) is 0 Å². The normalized spacial score (nSPS) is 20.6. The first kappa shape index (κ1) is 27.1. The minimum Gasteiger partial charge on any atom is -0.425 e. The maximum atomic E-state index is 12.6. The molecule has 1 aromatic carbocycles. The molecule has 0 bridgehead atoms. The molecule has 1 amide bonds. The number of terminal acetylenes is 1. The Morgan fingerprint density at radius 2 is 1.60 bits per heavy atom. The molecule has 1 aliphatic carbocycles. The topological polar surface area (TPSA) is 55.8 Å². The first-order chi connectivity index (χ1) is 17.2. The Labute approximate surface area is 211 Å². The zero-order valence-corrected chi connectivity index (χ0v) is 21.5. The van der Waals surface area contributed by atoms with E-state index in [1.807, 2.05) is 18.2 Å². The van der Waals surface area contributed by atoms with Gasteiger partial charge in [-0.25, -0.2) is 4.79 Å². The summed E-state index contributed by atoms with van der Waals surface area (Å²) >= 11 is 0. The third kappa shape index (κ3) is 8.02. The van der Waals surface area contributed by atoms with Crippen molar-refractivity contribution >= 4 is 12.1 Å². The predicted octanol–water partition coefficient (Wildman–Crippen LogP) is 7.34. The number of ether oxygens (including phenoxy) is 2. The van der Waals surface area contributed by atoms with E-state index in [0.717, 1.165) is 30.4 Å². The molecule has 0 N–H and O–H groups in total. The molecule has 5 nitrogen and oxygen atoms in total. The molecule has 1 saturated heterocycles. The molecule has 3 unspecified atom stereocenters. The van der Waals surface area contributed by atoms with Crippen LogP contribution in [0.4, 0.5) is 4.79 Å². The fourth-order valence-corrected chi connectivity index (χ4v) is 5.47. The summed E-state index contributed by atoms with van der Waals surface area (Å²) in [4.78, 5) is 26.7. The van der Waals surface area contributed by atoms with Crippen LogP contribution in [0.2, 0.25) is 0 Å². The monoisotopic (exact) mass is 481 g/mol. The second-order valence-corrected chi connectivity index (χ2v) is 10.1. The quantitative estimate of drug-likeness (QED) is 0.141. The molecule has 5 heteroatoms. The van der Waals surface area contributed by atoms with E-state index in [0.29, 0.717) is 12.8 Å². The van der Waals surface area contributed by atoms with Crippen LogP contribution in [0.3, 0.4) is 0 Å². The van der Waals surface area contributed by atoms with E-state index < -0.39 is 12.4 Å². The minimum atomic E-state index is -0.858. The molecular weight excluding hydrogens is 438 g/mol. The molecule has 1 fully saturated rings. The highest BCUT2D eigenvalue weighted by atomic mass is 16.7. The molecule has 0 spiro atoms. The van der Waals surface area contributed by atoms with Crippen molar-refractivity contribution in [1.29, 1.82) is 0 Å². The van der Waals surface area contributed by atoms with Gasteiger partial charge >= 0.3 is 12.1 Å². The molecule has 0 radical (unpaired) electrons. The molecule has 0 saturated carbocycles. The Hall–Kier alpha value is -2.48. The summed E-state index contributed by atoms with van der Waals surface area (Å²) in [5.74, 6) is 2.14. The number of nitrogens with zero attached hydrogens (tertiary/aromatic N) is 1. The molecule has 1 aromatic rings. The number of carbonyl (C=O) groups is 2. The lowest BCUT2D eigenvalue weighted by atomic mass is 9.97. The van der Waals surface area contributed by atoms with Crippen LogP contribution in [0, 0.1) is 18.3 Å². The van der Waals surface area contributed by atoms with Gasteiger partial charge in [0.15, 0.2) is 0 Å². The van der Waals surface area contributed by atoms with Crippen LogP contribution in [0.25, 0.3) is 0 Å². The largest absolute Gasteiger partial charge is 0.425 e. The number of benzene rings is 1. The molecule has 192 valence electrons. The fraction of sp³-hybridized carbons (Fsp3) is 0.667. The SMILES string of the molecule is C#CCN1C(=O)OC(OC(=O)CCCCCCCCCCCCCCC)C2Cc3ccccc3C21. The van der Waals surface area contributed by atoms with Crippen molar-refractivity contribution in [2.75, 3.05) is 6.54 Å². The molecular formula is C30H43NO4. The van der Waals surface area contributed by atoms with Gasteiger partial charge in [-0.2, -0.15) is 0 Å². The second-order valence-electron chi connectivity index (χ2n) is 10.1. The number of unbranched alkanes of at least 4 members (excludes halogenated alkanes) is 12. The van der Waals surface area contributed by atoms with Crippen LogP contribution in [-0.4, -0.2) is 29.8 Å². The van der Waals surface area contributed by atoms with Gasteiger partial charge in [-0.3, -0.25) is 9.69 Å². The number of cyclic esters (lactones) is 1. The van der Waals surface area contributed by atoms with E-state index in [1.165, 1.54) is 64.2 Å². The number of hydrogen-bond acceptors (Lipinski definition) is 4. The highest BCUT2D eigenvalue weighted by Gasteiger charge is 2.50. The Morgan fingerprint density at radius 3 is 2.23 bits per heavy atom. The summed E-state index contributed by atoms with van der Waals surface area (Å²) in [5, 5.41) is 0. The maximum Gasteiger partial charge on any atom is 0.414 e. The van der Waals surface area contributed by atoms with Crippen molar-refractivity contribution in [3.05, 3.63) is 35.4 Å².